The molecule has 0 spiro atoms. The standard InChI is InChI=1S/C18H16N6O/c1-10-7-8-13-12(9-21-22-13)16(10)24-17(19)14(18(20)25)15(23-24)11-5-3-2-4-6-11/h2-9H,19H2,1H3,(H2,20,25)(H,21,22). The molecule has 0 aliphatic rings. The fourth-order valence-electron chi connectivity index (χ4n) is 3.04. The second kappa shape index (κ2) is 5.48. The van der Waals surface area contributed by atoms with Crippen molar-refractivity contribution in [3.63, 3.8) is 0 Å². The number of nitrogens with zero attached hydrogens (tertiary/aromatic N) is 3. The first-order chi connectivity index (χ1) is 12.1. The van der Waals surface area contributed by atoms with Crippen LogP contribution in [0.2, 0.25) is 0 Å². The number of benzene rings is 2. The summed E-state index contributed by atoms with van der Waals surface area (Å²) in [5.41, 5.74) is 15.9. The third-order valence-corrected chi connectivity index (χ3v) is 4.22. The number of fused-ring (bicyclic) bond motifs is 1. The maximum Gasteiger partial charge on any atom is 0.254 e. The van der Waals surface area contributed by atoms with Crippen LogP contribution < -0.4 is 11.5 Å². The molecular weight excluding hydrogens is 316 g/mol. The summed E-state index contributed by atoms with van der Waals surface area (Å²) in [6, 6.07) is 13.3. The van der Waals surface area contributed by atoms with E-state index >= 15 is 0 Å². The van der Waals surface area contributed by atoms with Crippen molar-refractivity contribution in [2.24, 2.45) is 5.73 Å². The number of hydrogen-bond acceptors (Lipinski definition) is 4. The van der Waals surface area contributed by atoms with Crippen molar-refractivity contribution in [2.75, 3.05) is 5.73 Å². The van der Waals surface area contributed by atoms with Crippen LogP contribution >= 0.6 is 0 Å². The summed E-state index contributed by atoms with van der Waals surface area (Å²) in [4.78, 5) is 12.0. The zero-order valence-electron chi connectivity index (χ0n) is 13.5. The number of carbonyl (C=O) groups excluding carboxylic acids is 1. The Labute approximate surface area is 143 Å². The minimum absolute atomic E-state index is 0.211. The number of aromatic amines is 1. The number of hydrogen-bond donors (Lipinski definition) is 3. The van der Waals surface area contributed by atoms with Gasteiger partial charge >= 0.3 is 0 Å². The molecule has 0 bridgehead atoms. The van der Waals surface area contributed by atoms with E-state index in [1.54, 1.807) is 10.9 Å². The van der Waals surface area contributed by atoms with Crippen molar-refractivity contribution in [3.8, 4) is 16.9 Å². The number of primary amides is 1. The zero-order valence-corrected chi connectivity index (χ0v) is 13.5. The molecule has 1 amide bonds. The molecule has 0 unspecified atom stereocenters. The number of nitrogens with one attached hydrogen (secondary N) is 1. The summed E-state index contributed by atoms with van der Waals surface area (Å²) in [6.45, 7) is 1.95. The van der Waals surface area contributed by atoms with E-state index < -0.39 is 5.91 Å². The van der Waals surface area contributed by atoms with Gasteiger partial charge in [-0.25, -0.2) is 4.68 Å². The molecule has 7 nitrogen and oxygen atoms in total. The molecule has 2 aromatic carbocycles. The maximum absolute atomic E-state index is 12.0. The molecule has 0 radical (unpaired) electrons. The van der Waals surface area contributed by atoms with Gasteiger partial charge in [0.1, 0.15) is 17.1 Å². The first-order valence-corrected chi connectivity index (χ1v) is 7.74. The zero-order chi connectivity index (χ0) is 17.6. The maximum atomic E-state index is 12.0. The first-order valence-electron chi connectivity index (χ1n) is 7.74. The Kier molecular flexibility index (Phi) is 3.28. The minimum Gasteiger partial charge on any atom is -0.383 e. The summed E-state index contributed by atoms with van der Waals surface area (Å²) in [6.07, 6.45) is 1.71. The Morgan fingerprint density at radius 3 is 2.64 bits per heavy atom. The highest BCUT2D eigenvalue weighted by atomic mass is 16.1. The second-order valence-electron chi connectivity index (χ2n) is 5.81. The van der Waals surface area contributed by atoms with Crippen molar-refractivity contribution in [1.82, 2.24) is 20.0 Å². The van der Waals surface area contributed by atoms with Crippen LogP contribution in [0.4, 0.5) is 5.82 Å². The SMILES string of the molecule is Cc1ccc2[nH]ncc2c1-n1nc(-c2ccccc2)c(C(N)=O)c1N. The van der Waals surface area contributed by atoms with E-state index in [1.165, 1.54) is 0 Å². The Balaban J connectivity index is 2.05. The summed E-state index contributed by atoms with van der Waals surface area (Å²) in [5.74, 6) is -0.400. The highest BCUT2D eigenvalue weighted by molar-refractivity contribution is 6.04. The Morgan fingerprint density at radius 1 is 1.16 bits per heavy atom. The molecule has 0 fully saturated rings. The summed E-state index contributed by atoms with van der Waals surface area (Å²) >= 11 is 0. The Bertz CT molecular complexity index is 1090. The number of aryl methyl sites for hydroxylation is 1. The van der Waals surface area contributed by atoms with Gasteiger partial charge in [0.05, 0.1) is 17.4 Å². The molecule has 0 aliphatic heterocycles. The minimum atomic E-state index is -0.611. The molecule has 25 heavy (non-hydrogen) atoms. The lowest BCUT2D eigenvalue weighted by atomic mass is 10.1. The molecular formula is C18H16N6O. The van der Waals surface area contributed by atoms with E-state index in [2.05, 4.69) is 15.3 Å². The molecule has 2 heterocycles. The Hall–Kier alpha value is -3.61. The lowest BCUT2D eigenvalue weighted by Gasteiger charge is -2.09. The predicted molar refractivity (Wildman–Crippen MR) is 96.3 cm³/mol. The highest BCUT2D eigenvalue weighted by Gasteiger charge is 2.23. The lowest BCUT2D eigenvalue weighted by molar-refractivity contribution is 0.100. The molecule has 0 aliphatic carbocycles. The smallest absolute Gasteiger partial charge is 0.254 e. The Morgan fingerprint density at radius 2 is 1.92 bits per heavy atom. The molecule has 0 saturated carbocycles. The van der Waals surface area contributed by atoms with Crippen LogP contribution in [0.5, 0.6) is 0 Å². The molecule has 2 aromatic heterocycles. The van der Waals surface area contributed by atoms with E-state index in [0.29, 0.717) is 5.69 Å². The molecule has 5 N–H and O–H groups in total. The van der Waals surface area contributed by atoms with Gasteiger partial charge in [0.25, 0.3) is 5.91 Å². The van der Waals surface area contributed by atoms with Crippen LogP contribution in [0.25, 0.3) is 27.8 Å². The third-order valence-electron chi connectivity index (χ3n) is 4.22. The molecule has 4 aromatic rings. The van der Waals surface area contributed by atoms with Gasteiger partial charge in [0.15, 0.2) is 0 Å². The number of nitrogens with two attached hydrogens (primary N) is 2. The van der Waals surface area contributed by atoms with Gasteiger partial charge in [-0.05, 0) is 18.6 Å². The van der Waals surface area contributed by atoms with Crippen LogP contribution in [-0.2, 0) is 0 Å². The van der Waals surface area contributed by atoms with E-state index in [4.69, 9.17) is 11.5 Å². The van der Waals surface area contributed by atoms with E-state index in [-0.39, 0.29) is 11.4 Å². The average molecular weight is 332 g/mol. The predicted octanol–water partition coefficient (Wildman–Crippen LogP) is 2.41. The van der Waals surface area contributed by atoms with Crippen molar-refractivity contribution in [2.45, 2.75) is 6.92 Å². The van der Waals surface area contributed by atoms with Crippen molar-refractivity contribution in [3.05, 3.63) is 59.8 Å². The van der Waals surface area contributed by atoms with Gasteiger partial charge in [0.2, 0.25) is 0 Å². The van der Waals surface area contributed by atoms with E-state index in [9.17, 15) is 4.79 Å². The second-order valence-corrected chi connectivity index (χ2v) is 5.81. The summed E-state index contributed by atoms with van der Waals surface area (Å²) in [5, 5.41) is 12.5. The number of amides is 1. The molecule has 0 saturated heterocycles. The molecule has 124 valence electrons. The fourth-order valence-corrected chi connectivity index (χ4v) is 3.04. The van der Waals surface area contributed by atoms with Crippen molar-refractivity contribution >= 4 is 22.6 Å². The van der Waals surface area contributed by atoms with Crippen LogP contribution in [-0.4, -0.2) is 25.9 Å². The van der Waals surface area contributed by atoms with E-state index in [1.807, 2.05) is 49.4 Å². The number of anilines is 1. The molecule has 0 atom stereocenters. The summed E-state index contributed by atoms with van der Waals surface area (Å²) < 4.78 is 1.57. The van der Waals surface area contributed by atoms with Gasteiger partial charge in [-0.3, -0.25) is 9.89 Å². The highest BCUT2D eigenvalue weighted by Crippen LogP contribution is 2.32. The largest absolute Gasteiger partial charge is 0.383 e. The van der Waals surface area contributed by atoms with Gasteiger partial charge in [-0.2, -0.15) is 10.2 Å². The van der Waals surface area contributed by atoms with Crippen LogP contribution in [0.3, 0.4) is 0 Å². The number of aromatic nitrogens is 4. The summed E-state index contributed by atoms with van der Waals surface area (Å²) in [7, 11) is 0. The molecule has 7 heteroatoms. The van der Waals surface area contributed by atoms with Gasteiger partial charge in [-0.15, -0.1) is 0 Å². The number of nitrogen functional groups attached to an aromatic ring is 1. The van der Waals surface area contributed by atoms with Crippen molar-refractivity contribution < 1.29 is 4.79 Å². The number of carbonyl (C=O) groups is 1. The van der Waals surface area contributed by atoms with Gasteiger partial charge in [0, 0.05) is 10.9 Å². The van der Waals surface area contributed by atoms with Crippen molar-refractivity contribution in [1.29, 1.82) is 0 Å². The van der Waals surface area contributed by atoms with Crippen LogP contribution in [0.15, 0.2) is 48.7 Å². The number of rotatable bonds is 3. The van der Waals surface area contributed by atoms with Gasteiger partial charge < -0.3 is 11.5 Å². The quantitative estimate of drug-likeness (QED) is 0.534. The van der Waals surface area contributed by atoms with E-state index in [0.717, 1.165) is 27.7 Å². The monoisotopic (exact) mass is 332 g/mol. The molecule has 4 rings (SSSR count). The first kappa shape index (κ1) is 14.9. The fraction of sp³-hybridized carbons (Fsp3) is 0.0556. The normalized spacial score (nSPS) is 11.1. The number of H-pyrrole nitrogens is 1. The lowest BCUT2D eigenvalue weighted by Crippen LogP contribution is -2.14. The average Bonchev–Trinajstić information content (AvgIpc) is 3.20. The topological polar surface area (TPSA) is 116 Å². The van der Waals surface area contributed by atoms with Crippen LogP contribution in [0, 0.1) is 6.92 Å². The van der Waals surface area contributed by atoms with Crippen LogP contribution in [0.1, 0.15) is 15.9 Å². The van der Waals surface area contributed by atoms with Gasteiger partial charge in [-0.1, -0.05) is 36.4 Å². The third kappa shape index (κ3) is 2.25.